The summed E-state index contributed by atoms with van der Waals surface area (Å²) in [5.74, 6) is 0.788. The molecule has 1 N–H and O–H groups in total. The summed E-state index contributed by atoms with van der Waals surface area (Å²) in [7, 11) is 0. The number of nitrogens with zero attached hydrogens (tertiary/aromatic N) is 1. The number of amides is 1. The first-order chi connectivity index (χ1) is 11.7. The molecule has 2 heterocycles. The molecule has 1 fully saturated rings. The lowest BCUT2D eigenvalue weighted by molar-refractivity contribution is -0.126. The van der Waals surface area contributed by atoms with Gasteiger partial charge < -0.3 is 14.8 Å². The van der Waals surface area contributed by atoms with Crippen molar-refractivity contribution in [3.05, 3.63) is 28.8 Å². The zero-order valence-electron chi connectivity index (χ0n) is 13.9. The van der Waals surface area contributed by atoms with Crippen LogP contribution in [0.5, 0.6) is 5.75 Å². The van der Waals surface area contributed by atoms with Gasteiger partial charge in [-0.1, -0.05) is 11.6 Å². The predicted molar refractivity (Wildman–Crippen MR) is 93.6 cm³/mol. The van der Waals surface area contributed by atoms with Crippen molar-refractivity contribution < 1.29 is 14.3 Å². The van der Waals surface area contributed by atoms with E-state index in [-0.39, 0.29) is 11.8 Å². The van der Waals surface area contributed by atoms with Crippen molar-refractivity contribution in [1.82, 2.24) is 10.2 Å². The fourth-order valence-electron chi connectivity index (χ4n) is 3.17. The Morgan fingerprint density at radius 3 is 2.96 bits per heavy atom. The van der Waals surface area contributed by atoms with Crippen LogP contribution in [0.4, 0.5) is 0 Å². The van der Waals surface area contributed by atoms with Crippen molar-refractivity contribution in [1.29, 1.82) is 0 Å². The molecule has 2 aliphatic rings. The molecule has 1 aromatic rings. The number of benzene rings is 1. The number of nitrogens with one attached hydrogen (secondary N) is 1. The molecule has 1 atom stereocenters. The second-order valence-corrected chi connectivity index (χ2v) is 6.85. The fourth-order valence-corrected chi connectivity index (χ4v) is 3.37. The van der Waals surface area contributed by atoms with Crippen molar-refractivity contribution in [2.45, 2.75) is 19.3 Å². The largest absolute Gasteiger partial charge is 0.492 e. The highest BCUT2D eigenvalue weighted by molar-refractivity contribution is 6.30. The average Bonchev–Trinajstić information content (AvgIpc) is 2.61. The van der Waals surface area contributed by atoms with Crippen LogP contribution in [0, 0.1) is 5.92 Å². The second-order valence-electron chi connectivity index (χ2n) is 6.42. The molecule has 6 heteroatoms. The molecule has 1 saturated heterocycles. The first kappa shape index (κ1) is 17.5. The molecule has 0 radical (unpaired) electrons. The number of hydrogen-bond donors (Lipinski definition) is 1. The van der Waals surface area contributed by atoms with Gasteiger partial charge in [-0.25, -0.2) is 0 Å². The Labute approximate surface area is 148 Å². The van der Waals surface area contributed by atoms with E-state index in [9.17, 15) is 4.79 Å². The Kier molecular flexibility index (Phi) is 6.35. The molecule has 0 aliphatic carbocycles. The zero-order valence-corrected chi connectivity index (χ0v) is 14.7. The van der Waals surface area contributed by atoms with E-state index in [0.717, 1.165) is 63.5 Å². The third kappa shape index (κ3) is 4.85. The molecule has 5 nitrogen and oxygen atoms in total. The van der Waals surface area contributed by atoms with Crippen LogP contribution in [-0.4, -0.2) is 56.8 Å². The Balaban J connectivity index is 1.35. The van der Waals surface area contributed by atoms with E-state index in [2.05, 4.69) is 10.2 Å². The molecule has 0 aromatic heterocycles. The molecular weight excluding hydrogens is 328 g/mol. The number of halogens is 1. The number of morpholine rings is 1. The molecular formula is C18H25ClN2O3. The molecule has 1 unspecified atom stereocenters. The van der Waals surface area contributed by atoms with Crippen LogP contribution in [0.25, 0.3) is 0 Å². The van der Waals surface area contributed by atoms with Crippen LogP contribution in [-0.2, 0) is 16.0 Å². The lowest BCUT2D eigenvalue weighted by atomic mass is 9.96. The summed E-state index contributed by atoms with van der Waals surface area (Å²) >= 11 is 6.02. The highest BCUT2D eigenvalue weighted by atomic mass is 35.5. The third-order valence-corrected chi connectivity index (χ3v) is 4.84. The second kappa shape index (κ2) is 8.70. The molecule has 2 aliphatic heterocycles. The minimum Gasteiger partial charge on any atom is -0.492 e. The van der Waals surface area contributed by atoms with Crippen LogP contribution < -0.4 is 10.1 Å². The smallest absolute Gasteiger partial charge is 0.226 e. The number of fused-ring (bicyclic) bond motifs is 1. The van der Waals surface area contributed by atoms with Crippen molar-refractivity contribution in [2.24, 2.45) is 5.92 Å². The molecule has 24 heavy (non-hydrogen) atoms. The number of rotatable bonds is 6. The van der Waals surface area contributed by atoms with Gasteiger partial charge in [0.15, 0.2) is 0 Å². The van der Waals surface area contributed by atoms with E-state index in [4.69, 9.17) is 21.1 Å². The van der Waals surface area contributed by atoms with E-state index >= 15 is 0 Å². The third-order valence-electron chi connectivity index (χ3n) is 4.60. The summed E-state index contributed by atoms with van der Waals surface area (Å²) in [5, 5.41) is 3.72. The van der Waals surface area contributed by atoms with Gasteiger partial charge in [0, 0.05) is 24.7 Å². The van der Waals surface area contributed by atoms with Gasteiger partial charge in [-0.2, -0.15) is 0 Å². The van der Waals surface area contributed by atoms with Gasteiger partial charge in [0.05, 0.1) is 19.1 Å². The van der Waals surface area contributed by atoms with E-state index < -0.39 is 0 Å². The zero-order chi connectivity index (χ0) is 16.8. The molecule has 0 bridgehead atoms. The van der Waals surface area contributed by atoms with Gasteiger partial charge in [-0.3, -0.25) is 9.69 Å². The van der Waals surface area contributed by atoms with E-state index in [1.165, 1.54) is 0 Å². The topological polar surface area (TPSA) is 50.8 Å². The maximum absolute atomic E-state index is 12.3. The monoisotopic (exact) mass is 352 g/mol. The normalized spacial score (nSPS) is 21.0. The predicted octanol–water partition coefficient (Wildman–Crippen LogP) is 2.12. The number of hydrogen-bond acceptors (Lipinski definition) is 4. The number of carbonyl (C=O) groups is 1. The minimum absolute atomic E-state index is 0.0759. The van der Waals surface area contributed by atoms with Crippen molar-refractivity contribution in [3.8, 4) is 5.75 Å². The molecule has 3 rings (SSSR count). The first-order valence-corrected chi connectivity index (χ1v) is 9.09. The standard InChI is InChI=1S/C18H25ClN2O3/c19-16-3-4-17-14(12-16)11-15(13-24-17)18(22)20-5-1-2-6-21-7-9-23-10-8-21/h3-4,12,15H,1-2,5-11,13H2,(H,20,22). The van der Waals surface area contributed by atoms with Gasteiger partial charge >= 0.3 is 0 Å². The van der Waals surface area contributed by atoms with Crippen molar-refractivity contribution in [3.63, 3.8) is 0 Å². The average molecular weight is 353 g/mol. The molecule has 0 saturated carbocycles. The van der Waals surface area contributed by atoms with Gasteiger partial charge in [-0.15, -0.1) is 0 Å². The van der Waals surface area contributed by atoms with E-state index in [1.807, 2.05) is 18.2 Å². The number of carbonyl (C=O) groups excluding carboxylic acids is 1. The Hall–Kier alpha value is -1.30. The Morgan fingerprint density at radius 1 is 1.29 bits per heavy atom. The van der Waals surface area contributed by atoms with Gasteiger partial charge in [0.25, 0.3) is 0 Å². The molecule has 132 valence electrons. The van der Waals surface area contributed by atoms with Crippen LogP contribution >= 0.6 is 11.6 Å². The number of ether oxygens (including phenoxy) is 2. The van der Waals surface area contributed by atoms with E-state index in [1.54, 1.807) is 0 Å². The van der Waals surface area contributed by atoms with E-state index in [0.29, 0.717) is 18.1 Å². The summed E-state index contributed by atoms with van der Waals surface area (Å²) in [5.41, 5.74) is 1.02. The number of unbranched alkanes of at least 4 members (excludes halogenated alkanes) is 1. The molecule has 1 aromatic carbocycles. The summed E-state index contributed by atoms with van der Waals surface area (Å²) < 4.78 is 11.0. The van der Waals surface area contributed by atoms with Crippen LogP contribution in [0.3, 0.4) is 0 Å². The maximum Gasteiger partial charge on any atom is 0.226 e. The van der Waals surface area contributed by atoms with Crippen molar-refractivity contribution in [2.75, 3.05) is 46.0 Å². The molecule has 0 spiro atoms. The Morgan fingerprint density at radius 2 is 2.12 bits per heavy atom. The van der Waals surface area contributed by atoms with Crippen LogP contribution in [0.2, 0.25) is 5.02 Å². The highest BCUT2D eigenvalue weighted by Gasteiger charge is 2.25. The van der Waals surface area contributed by atoms with Gasteiger partial charge in [0.1, 0.15) is 12.4 Å². The Bertz CT molecular complexity index is 561. The summed E-state index contributed by atoms with van der Waals surface area (Å²) in [6, 6.07) is 5.57. The summed E-state index contributed by atoms with van der Waals surface area (Å²) in [4.78, 5) is 14.7. The fraction of sp³-hybridized carbons (Fsp3) is 0.611. The lowest BCUT2D eigenvalue weighted by Gasteiger charge is -2.26. The lowest BCUT2D eigenvalue weighted by Crippen LogP contribution is -2.38. The quantitative estimate of drug-likeness (QED) is 0.797. The summed E-state index contributed by atoms with van der Waals surface area (Å²) in [6.45, 7) is 5.96. The maximum atomic E-state index is 12.3. The van der Waals surface area contributed by atoms with Crippen LogP contribution in [0.1, 0.15) is 18.4 Å². The SMILES string of the molecule is O=C(NCCCCN1CCOCC1)C1COc2ccc(Cl)cc2C1. The van der Waals surface area contributed by atoms with Crippen LogP contribution in [0.15, 0.2) is 18.2 Å². The highest BCUT2D eigenvalue weighted by Crippen LogP contribution is 2.29. The summed E-state index contributed by atoms with van der Waals surface area (Å²) in [6.07, 6.45) is 2.79. The first-order valence-electron chi connectivity index (χ1n) is 8.71. The molecule has 1 amide bonds. The minimum atomic E-state index is -0.129. The van der Waals surface area contributed by atoms with Crippen molar-refractivity contribution >= 4 is 17.5 Å². The van der Waals surface area contributed by atoms with Gasteiger partial charge in [-0.05, 0) is 49.6 Å². The van der Waals surface area contributed by atoms with Gasteiger partial charge in [0.2, 0.25) is 5.91 Å².